The number of pyridine rings is 1. The third-order valence-electron chi connectivity index (χ3n) is 2.58. The van der Waals surface area contributed by atoms with Gasteiger partial charge in [-0.05, 0) is 18.2 Å². The summed E-state index contributed by atoms with van der Waals surface area (Å²) in [4.78, 5) is 14.2. The summed E-state index contributed by atoms with van der Waals surface area (Å²) in [7, 11) is 0. The summed E-state index contributed by atoms with van der Waals surface area (Å²) < 4.78 is 0. The molecule has 18 heavy (non-hydrogen) atoms. The van der Waals surface area contributed by atoms with E-state index in [-0.39, 0.29) is 34.9 Å². The molecule has 0 aliphatic carbocycles. The molecule has 0 aromatic heterocycles. The molecule has 0 amide bonds. The Bertz CT molecular complexity index is 795. The Morgan fingerprint density at radius 2 is 2.11 bits per heavy atom. The molecule has 0 bridgehead atoms. The van der Waals surface area contributed by atoms with Crippen molar-refractivity contribution in [1.82, 2.24) is 15.2 Å². The van der Waals surface area contributed by atoms with Gasteiger partial charge in [0.25, 0.3) is 5.56 Å². The van der Waals surface area contributed by atoms with E-state index in [2.05, 4.69) is 15.2 Å². The van der Waals surface area contributed by atoms with Crippen molar-refractivity contribution in [2.75, 3.05) is 0 Å². The van der Waals surface area contributed by atoms with E-state index in [4.69, 9.17) is 5.11 Å². The van der Waals surface area contributed by atoms with Crippen LogP contribution in [-0.2, 0) is 0 Å². The Morgan fingerprint density at radius 1 is 1.33 bits per heavy atom. The van der Waals surface area contributed by atoms with Gasteiger partial charge < -0.3 is 15.2 Å². The van der Waals surface area contributed by atoms with Crippen LogP contribution in [-0.4, -0.2) is 20.3 Å². The molecular weight excluding hydrogens is 245 g/mol. The van der Waals surface area contributed by atoms with Crippen molar-refractivity contribution >= 4 is 16.8 Å². The number of rotatable bonds is 0. The number of aromatic nitrogens is 3. The van der Waals surface area contributed by atoms with Crippen molar-refractivity contribution in [1.29, 1.82) is 0 Å². The van der Waals surface area contributed by atoms with E-state index in [0.29, 0.717) is 22.2 Å². The first kappa shape index (κ1) is 12.8. The number of nitrogens with one attached hydrogen (secondary N) is 1. The Balaban J connectivity index is 0.00000120. The molecular formula is C11H6N3NaO3. The molecule has 2 heterocycles. The molecule has 2 aliphatic heterocycles. The molecule has 0 fully saturated rings. The SMILES string of the molecule is O=c1nnc2cc(=C([O-])O)[nH]c3cccc1c3-2.[Na+]. The van der Waals surface area contributed by atoms with Crippen LogP contribution in [0.5, 0.6) is 0 Å². The van der Waals surface area contributed by atoms with E-state index in [1.807, 2.05) is 0 Å². The molecule has 7 heteroatoms. The van der Waals surface area contributed by atoms with Crippen LogP contribution in [0.25, 0.3) is 28.1 Å². The van der Waals surface area contributed by atoms with Gasteiger partial charge >= 0.3 is 29.6 Å². The summed E-state index contributed by atoms with van der Waals surface area (Å²) in [5.41, 5.74) is 1.15. The van der Waals surface area contributed by atoms with Crippen LogP contribution in [0, 0.1) is 0 Å². The molecule has 0 radical (unpaired) electrons. The van der Waals surface area contributed by atoms with Crippen molar-refractivity contribution in [3.05, 3.63) is 40.0 Å². The summed E-state index contributed by atoms with van der Waals surface area (Å²) in [5, 5.41) is 27.5. The van der Waals surface area contributed by atoms with Gasteiger partial charge in [-0.25, -0.2) is 0 Å². The largest absolute Gasteiger partial charge is 1.00 e. The first-order valence-corrected chi connectivity index (χ1v) is 4.85. The molecule has 0 saturated carbocycles. The Morgan fingerprint density at radius 3 is 2.83 bits per heavy atom. The number of aromatic amines is 1. The zero-order chi connectivity index (χ0) is 12.0. The van der Waals surface area contributed by atoms with Gasteiger partial charge in [0.05, 0.1) is 22.4 Å². The second-order valence-corrected chi connectivity index (χ2v) is 3.61. The second-order valence-electron chi connectivity index (χ2n) is 3.61. The quantitative estimate of drug-likeness (QED) is 0.398. The van der Waals surface area contributed by atoms with Crippen LogP contribution >= 0.6 is 0 Å². The number of hydrogen-bond donors (Lipinski definition) is 2. The fraction of sp³-hybridized carbons (Fsp3) is 0. The predicted molar refractivity (Wildman–Crippen MR) is 58.0 cm³/mol. The average Bonchev–Trinajstić information content (AvgIpc) is 2.33. The van der Waals surface area contributed by atoms with Crippen LogP contribution in [0.15, 0.2) is 29.1 Å². The molecule has 3 rings (SSSR count). The van der Waals surface area contributed by atoms with Crippen molar-refractivity contribution in [3.63, 3.8) is 0 Å². The molecule has 2 N–H and O–H groups in total. The number of benzene rings is 1. The number of nitrogens with zero attached hydrogens (tertiary/aromatic N) is 2. The van der Waals surface area contributed by atoms with E-state index in [1.165, 1.54) is 6.07 Å². The van der Waals surface area contributed by atoms with Gasteiger partial charge in [0.15, 0.2) is 0 Å². The molecule has 84 valence electrons. The van der Waals surface area contributed by atoms with Crippen LogP contribution in [0.2, 0.25) is 0 Å². The Kier molecular flexibility index (Phi) is 3.25. The summed E-state index contributed by atoms with van der Waals surface area (Å²) in [5.74, 6) is -1.08. The van der Waals surface area contributed by atoms with Gasteiger partial charge in [0.1, 0.15) is 0 Å². The van der Waals surface area contributed by atoms with Gasteiger partial charge in [-0.15, -0.1) is 10.2 Å². The van der Waals surface area contributed by atoms with E-state index in [1.54, 1.807) is 18.2 Å². The maximum Gasteiger partial charge on any atom is 1.00 e. The third kappa shape index (κ3) is 1.84. The number of H-pyrrole nitrogens is 1. The van der Waals surface area contributed by atoms with E-state index >= 15 is 0 Å². The second kappa shape index (κ2) is 4.56. The normalized spacial score (nSPS) is 12.4. The van der Waals surface area contributed by atoms with Gasteiger partial charge in [-0.1, -0.05) is 6.07 Å². The van der Waals surface area contributed by atoms with Gasteiger partial charge in [0, 0.05) is 11.1 Å². The maximum atomic E-state index is 11.5. The van der Waals surface area contributed by atoms with E-state index in [0.717, 1.165) is 0 Å². The fourth-order valence-electron chi connectivity index (χ4n) is 1.85. The fourth-order valence-corrected chi connectivity index (χ4v) is 1.85. The van der Waals surface area contributed by atoms with Crippen LogP contribution in [0.1, 0.15) is 0 Å². The molecule has 2 aliphatic rings. The maximum absolute atomic E-state index is 11.5. The Labute approximate surface area is 123 Å². The molecule has 6 nitrogen and oxygen atoms in total. The summed E-state index contributed by atoms with van der Waals surface area (Å²) in [6, 6.07) is 6.37. The molecule has 1 aromatic rings. The zero-order valence-corrected chi connectivity index (χ0v) is 11.5. The van der Waals surface area contributed by atoms with Crippen molar-refractivity contribution in [2.24, 2.45) is 0 Å². The van der Waals surface area contributed by atoms with Gasteiger partial charge in [0.2, 0.25) is 0 Å². The average molecular weight is 251 g/mol. The number of hydrogen-bond acceptors (Lipinski definition) is 5. The van der Waals surface area contributed by atoms with E-state index in [9.17, 15) is 9.90 Å². The van der Waals surface area contributed by atoms with E-state index < -0.39 is 11.5 Å². The number of aliphatic hydroxyl groups is 1. The van der Waals surface area contributed by atoms with Crippen LogP contribution in [0.3, 0.4) is 0 Å². The van der Waals surface area contributed by atoms with Crippen LogP contribution < -0.4 is 45.6 Å². The predicted octanol–water partition coefficient (Wildman–Crippen LogP) is -3.87. The van der Waals surface area contributed by atoms with Crippen LogP contribution in [0.4, 0.5) is 0 Å². The molecule has 0 spiro atoms. The molecule has 0 atom stereocenters. The third-order valence-corrected chi connectivity index (χ3v) is 2.58. The van der Waals surface area contributed by atoms with Crippen molar-refractivity contribution < 1.29 is 39.8 Å². The summed E-state index contributed by atoms with van der Waals surface area (Å²) >= 11 is 0. The van der Waals surface area contributed by atoms with Gasteiger partial charge in [-0.2, -0.15) is 0 Å². The smallest absolute Gasteiger partial charge is 0.628 e. The summed E-state index contributed by atoms with van der Waals surface area (Å²) in [6.45, 7) is 0. The molecule has 0 saturated heterocycles. The number of aliphatic hydroxyl groups excluding tert-OH is 1. The zero-order valence-electron chi connectivity index (χ0n) is 9.47. The first-order valence-electron chi connectivity index (χ1n) is 4.85. The van der Waals surface area contributed by atoms with Gasteiger partial charge in [-0.3, -0.25) is 4.79 Å². The molecule has 0 unspecified atom stereocenters. The topological polar surface area (TPSA) is 102 Å². The Hall–Kier alpha value is -1.63. The van der Waals surface area contributed by atoms with Crippen molar-refractivity contribution in [3.8, 4) is 11.3 Å². The summed E-state index contributed by atoms with van der Waals surface area (Å²) in [6.07, 6.45) is 0. The minimum atomic E-state index is -1.08. The minimum absolute atomic E-state index is 0. The molecule has 1 aromatic carbocycles. The minimum Gasteiger partial charge on any atom is -0.628 e. The first-order chi connectivity index (χ1) is 8.16. The van der Waals surface area contributed by atoms with Crippen molar-refractivity contribution in [2.45, 2.75) is 0 Å². The monoisotopic (exact) mass is 251 g/mol. The standard InChI is InChI=1S/C11H7N3O3.Na/c15-10-5-2-1-3-6-9(5)7(13-14-10)4-8(12-6)11(16)17;/h1-4,12,16-17H;/q;+1/p-1.